The first-order chi connectivity index (χ1) is 9.74. The van der Waals surface area contributed by atoms with Crippen LogP contribution in [0.5, 0.6) is 0 Å². The van der Waals surface area contributed by atoms with Gasteiger partial charge in [-0.25, -0.2) is 9.97 Å². The summed E-state index contributed by atoms with van der Waals surface area (Å²) in [5.41, 5.74) is 0.500. The smallest absolute Gasteiger partial charge is 0.254 e. The Bertz CT molecular complexity index is 540. The van der Waals surface area contributed by atoms with Crippen LogP contribution in [0.1, 0.15) is 41.0 Å². The maximum absolute atomic E-state index is 12.2. The number of amides is 1. The quantitative estimate of drug-likeness (QED) is 0.655. The van der Waals surface area contributed by atoms with Gasteiger partial charge in [-0.1, -0.05) is 31.2 Å². The second kappa shape index (κ2) is 7.40. The summed E-state index contributed by atoms with van der Waals surface area (Å²) in [6.45, 7) is 2.11. The standard InChI is InChI=1S/C14H17N3OS2/c1-3-5-11(12-6-4-7-20-12)17-13(18)10-8-15-14(19-2)16-9-10/h4,6-9,11H,3,5H2,1-2H3,(H,17,18)/t11-/m0/s1. The number of carbonyl (C=O) groups is 1. The summed E-state index contributed by atoms with van der Waals surface area (Å²) in [6, 6.07) is 4.12. The maximum atomic E-state index is 12.2. The molecule has 0 aliphatic heterocycles. The lowest BCUT2D eigenvalue weighted by atomic mass is 10.1. The van der Waals surface area contributed by atoms with Crippen molar-refractivity contribution in [3.8, 4) is 0 Å². The summed E-state index contributed by atoms with van der Waals surface area (Å²) in [4.78, 5) is 21.7. The molecular formula is C14H17N3OS2. The van der Waals surface area contributed by atoms with E-state index in [4.69, 9.17) is 0 Å². The molecule has 0 fully saturated rings. The first kappa shape index (κ1) is 15.0. The third-order valence-corrected chi connectivity index (χ3v) is 4.40. The predicted octanol–water partition coefficient (Wildman–Crippen LogP) is 3.53. The fourth-order valence-corrected chi connectivity index (χ4v) is 2.97. The lowest BCUT2D eigenvalue weighted by Crippen LogP contribution is -2.28. The number of hydrogen-bond acceptors (Lipinski definition) is 5. The van der Waals surface area contributed by atoms with Gasteiger partial charge in [0.1, 0.15) is 0 Å². The Morgan fingerprint density at radius 3 is 2.75 bits per heavy atom. The van der Waals surface area contributed by atoms with Crippen molar-refractivity contribution in [3.05, 3.63) is 40.3 Å². The normalized spacial score (nSPS) is 12.1. The Kier molecular flexibility index (Phi) is 5.55. The third kappa shape index (κ3) is 3.80. The average Bonchev–Trinajstić information content (AvgIpc) is 3.01. The number of thiophene rings is 1. The van der Waals surface area contributed by atoms with E-state index in [1.165, 1.54) is 16.6 Å². The van der Waals surface area contributed by atoms with Gasteiger partial charge in [-0.05, 0) is 24.1 Å². The Morgan fingerprint density at radius 2 is 2.20 bits per heavy atom. The van der Waals surface area contributed by atoms with Crippen molar-refractivity contribution < 1.29 is 4.79 Å². The van der Waals surface area contributed by atoms with Gasteiger partial charge in [-0.15, -0.1) is 11.3 Å². The SMILES string of the molecule is CCC[C@H](NC(=O)c1cnc(SC)nc1)c1cccs1. The van der Waals surface area contributed by atoms with Crippen molar-refractivity contribution in [2.24, 2.45) is 0 Å². The number of nitrogens with one attached hydrogen (secondary N) is 1. The van der Waals surface area contributed by atoms with E-state index in [1.54, 1.807) is 23.7 Å². The first-order valence-electron chi connectivity index (χ1n) is 6.45. The Balaban J connectivity index is 2.07. The van der Waals surface area contributed by atoms with Crippen LogP contribution in [0.2, 0.25) is 0 Å². The van der Waals surface area contributed by atoms with E-state index < -0.39 is 0 Å². The number of hydrogen-bond donors (Lipinski definition) is 1. The summed E-state index contributed by atoms with van der Waals surface area (Å²) in [6.07, 6.45) is 7.00. The zero-order chi connectivity index (χ0) is 14.4. The summed E-state index contributed by atoms with van der Waals surface area (Å²) in [5.74, 6) is -0.121. The molecular weight excluding hydrogens is 290 g/mol. The van der Waals surface area contributed by atoms with Gasteiger partial charge < -0.3 is 5.32 Å². The van der Waals surface area contributed by atoms with Crippen molar-refractivity contribution in [2.75, 3.05) is 6.26 Å². The van der Waals surface area contributed by atoms with Gasteiger partial charge in [-0.2, -0.15) is 0 Å². The zero-order valence-electron chi connectivity index (χ0n) is 11.5. The van der Waals surface area contributed by atoms with E-state index in [0.29, 0.717) is 10.7 Å². The Morgan fingerprint density at radius 1 is 1.45 bits per heavy atom. The fraction of sp³-hybridized carbons (Fsp3) is 0.357. The molecule has 6 heteroatoms. The van der Waals surface area contributed by atoms with Gasteiger partial charge in [0.05, 0.1) is 11.6 Å². The van der Waals surface area contributed by atoms with Crippen LogP contribution in [-0.2, 0) is 0 Å². The summed E-state index contributed by atoms with van der Waals surface area (Å²) in [7, 11) is 0. The minimum atomic E-state index is -0.121. The van der Waals surface area contributed by atoms with Crippen LogP contribution in [-0.4, -0.2) is 22.1 Å². The molecule has 0 aliphatic rings. The van der Waals surface area contributed by atoms with E-state index >= 15 is 0 Å². The molecule has 0 unspecified atom stereocenters. The van der Waals surface area contributed by atoms with Crippen molar-refractivity contribution in [2.45, 2.75) is 31.0 Å². The molecule has 0 spiro atoms. The van der Waals surface area contributed by atoms with Gasteiger partial charge in [-0.3, -0.25) is 4.79 Å². The van der Waals surface area contributed by atoms with Gasteiger partial charge in [0.25, 0.3) is 5.91 Å². The van der Waals surface area contributed by atoms with Crippen molar-refractivity contribution in [3.63, 3.8) is 0 Å². The minimum Gasteiger partial charge on any atom is -0.344 e. The molecule has 106 valence electrons. The molecule has 1 atom stereocenters. The molecule has 20 heavy (non-hydrogen) atoms. The van der Waals surface area contributed by atoms with E-state index in [1.807, 2.05) is 17.7 Å². The van der Waals surface area contributed by atoms with Crippen molar-refractivity contribution in [1.82, 2.24) is 15.3 Å². The van der Waals surface area contributed by atoms with Crippen molar-refractivity contribution >= 4 is 29.0 Å². The van der Waals surface area contributed by atoms with E-state index in [2.05, 4.69) is 28.3 Å². The predicted molar refractivity (Wildman–Crippen MR) is 83.2 cm³/mol. The molecule has 0 saturated carbocycles. The Labute approximate surface area is 127 Å². The zero-order valence-corrected chi connectivity index (χ0v) is 13.1. The lowest BCUT2D eigenvalue weighted by molar-refractivity contribution is 0.0934. The van der Waals surface area contributed by atoms with Crippen LogP contribution in [0, 0.1) is 0 Å². The third-order valence-electron chi connectivity index (χ3n) is 2.84. The summed E-state index contributed by atoms with van der Waals surface area (Å²) >= 11 is 3.12. The number of thioether (sulfide) groups is 1. The molecule has 0 radical (unpaired) electrons. The molecule has 4 nitrogen and oxygen atoms in total. The molecule has 0 aromatic carbocycles. The highest BCUT2D eigenvalue weighted by molar-refractivity contribution is 7.98. The second-order valence-corrected chi connectivity index (χ2v) is 6.04. The summed E-state index contributed by atoms with van der Waals surface area (Å²) < 4.78 is 0. The molecule has 0 bridgehead atoms. The van der Waals surface area contributed by atoms with Gasteiger partial charge in [0.2, 0.25) is 0 Å². The first-order valence-corrected chi connectivity index (χ1v) is 8.55. The number of aromatic nitrogens is 2. The monoisotopic (exact) mass is 307 g/mol. The topological polar surface area (TPSA) is 54.9 Å². The van der Waals surface area contributed by atoms with Gasteiger partial charge in [0.15, 0.2) is 5.16 Å². The van der Waals surface area contributed by atoms with E-state index in [-0.39, 0.29) is 11.9 Å². The molecule has 0 aliphatic carbocycles. The highest BCUT2D eigenvalue weighted by atomic mass is 32.2. The van der Waals surface area contributed by atoms with Gasteiger partial charge >= 0.3 is 0 Å². The molecule has 0 saturated heterocycles. The molecule has 2 aromatic heterocycles. The van der Waals surface area contributed by atoms with Crippen LogP contribution in [0.4, 0.5) is 0 Å². The second-order valence-electron chi connectivity index (χ2n) is 4.29. The molecule has 2 rings (SSSR count). The highest BCUT2D eigenvalue weighted by Gasteiger charge is 2.16. The largest absolute Gasteiger partial charge is 0.344 e. The molecule has 1 N–H and O–H groups in total. The number of nitrogens with zero attached hydrogens (tertiary/aromatic N) is 2. The van der Waals surface area contributed by atoms with Crippen LogP contribution in [0.15, 0.2) is 35.1 Å². The van der Waals surface area contributed by atoms with Crippen LogP contribution in [0.25, 0.3) is 0 Å². The molecule has 2 heterocycles. The minimum absolute atomic E-state index is 0.0627. The Hall–Kier alpha value is -1.40. The van der Waals surface area contributed by atoms with Crippen LogP contribution >= 0.6 is 23.1 Å². The van der Waals surface area contributed by atoms with E-state index in [9.17, 15) is 4.79 Å². The average molecular weight is 307 g/mol. The number of rotatable bonds is 6. The van der Waals surface area contributed by atoms with Crippen LogP contribution < -0.4 is 5.32 Å². The fourth-order valence-electron chi connectivity index (χ4n) is 1.84. The van der Waals surface area contributed by atoms with E-state index in [0.717, 1.165) is 12.8 Å². The highest BCUT2D eigenvalue weighted by Crippen LogP contribution is 2.23. The van der Waals surface area contributed by atoms with Crippen molar-refractivity contribution in [1.29, 1.82) is 0 Å². The molecule has 2 aromatic rings. The maximum Gasteiger partial charge on any atom is 0.254 e. The molecule has 1 amide bonds. The lowest BCUT2D eigenvalue weighted by Gasteiger charge is -2.16. The van der Waals surface area contributed by atoms with Crippen LogP contribution in [0.3, 0.4) is 0 Å². The van der Waals surface area contributed by atoms with Gasteiger partial charge in [0, 0.05) is 17.3 Å². The number of carbonyl (C=O) groups excluding carboxylic acids is 1. The summed E-state index contributed by atoms with van der Waals surface area (Å²) in [5, 5.41) is 5.76.